The van der Waals surface area contributed by atoms with Crippen LogP contribution in [0.2, 0.25) is 0 Å². The predicted molar refractivity (Wildman–Crippen MR) is 88.4 cm³/mol. The molecule has 2 N–H and O–H groups in total. The van der Waals surface area contributed by atoms with Gasteiger partial charge in [-0.15, -0.1) is 11.6 Å². The van der Waals surface area contributed by atoms with E-state index in [0.717, 1.165) is 5.56 Å². The number of ether oxygens (including phenoxy) is 1. The zero-order valence-electron chi connectivity index (χ0n) is 14.0. The van der Waals surface area contributed by atoms with E-state index in [1.54, 1.807) is 17.4 Å². The molecule has 0 aliphatic carbocycles. The van der Waals surface area contributed by atoms with Crippen LogP contribution in [0.15, 0.2) is 24.3 Å². The van der Waals surface area contributed by atoms with Gasteiger partial charge in [0, 0.05) is 5.69 Å². The molecule has 1 atom stereocenters. The Hall–Kier alpha value is -1.96. The summed E-state index contributed by atoms with van der Waals surface area (Å²) in [6.45, 7) is 4.94. The Balaban J connectivity index is 3.32. The first-order valence-corrected chi connectivity index (χ1v) is 8.10. The van der Waals surface area contributed by atoms with E-state index in [1.807, 2.05) is 13.8 Å². The van der Waals surface area contributed by atoms with Crippen LogP contribution in [0.4, 0.5) is 18.9 Å². The summed E-state index contributed by atoms with van der Waals surface area (Å²) in [5.41, 5.74) is -2.54. The Morgan fingerprint density at radius 1 is 1.20 bits per heavy atom. The van der Waals surface area contributed by atoms with Crippen LogP contribution in [0.3, 0.4) is 0 Å². The fourth-order valence-electron chi connectivity index (χ4n) is 2.04. The second-order valence-electron chi connectivity index (χ2n) is 5.55. The van der Waals surface area contributed by atoms with Gasteiger partial charge in [0.1, 0.15) is 5.88 Å². The third-order valence-corrected chi connectivity index (χ3v) is 3.61. The Bertz CT molecular complexity index is 606. The van der Waals surface area contributed by atoms with Crippen molar-refractivity contribution < 1.29 is 27.5 Å². The second kappa shape index (κ2) is 8.42. The lowest BCUT2D eigenvalue weighted by atomic mass is 10.0. The highest BCUT2D eigenvalue weighted by Crippen LogP contribution is 2.33. The molecule has 9 heteroatoms. The van der Waals surface area contributed by atoms with Gasteiger partial charge < -0.3 is 15.4 Å². The van der Waals surface area contributed by atoms with Crippen LogP contribution in [0, 0.1) is 0 Å². The minimum atomic E-state index is -5.17. The fourth-order valence-corrected chi connectivity index (χ4v) is 2.11. The highest BCUT2D eigenvalue weighted by atomic mass is 35.5. The molecule has 0 bridgehead atoms. The van der Waals surface area contributed by atoms with Crippen LogP contribution in [0.25, 0.3) is 0 Å². The second-order valence-corrected chi connectivity index (χ2v) is 5.82. The molecule has 0 aliphatic heterocycles. The molecular formula is C16H20ClF3N2O3. The third-order valence-electron chi connectivity index (χ3n) is 3.36. The van der Waals surface area contributed by atoms with E-state index in [2.05, 4.69) is 10.1 Å². The highest BCUT2D eigenvalue weighted by molar-refractivity contribution is 6.27. The van der Waals surface area contributed by atoms with Gasteiger partial charge in [0.05, 0.1) is 6.61 Å². The largest absolute Gasteiger partial charge is 0.463 e. The first-order valence-electron chi connectivity index (χ1n) is 7.56. The van der Waals surface area contributed by atoms with Gasteiger partial charge in [-0.05, 0) is 30.5 Å². The van der Waals surface area contributed by atoms with E-state index in [-0.39, 0.29) is 18.2 Å². The Labute approximate surface area is 148 Å². The molecule has 1 rings (SSSR count). The molecular weight excluding hydrogens is 361 g/mol. The molecule has 0 heterocycles. The summed E-state index contributed by atoms with van der Waals surface area (Å²) in [4.78, 5) is 23.6. The van der Waals surface area contributed by atoms with Crippen molar-refractivity contribution in [1.82, 2.24) is 5.32 Å². The molecule has 1 unspecified atom stereocenters. The third kappa shape index (κ3) is 5.01. The number of carbonyl (C=O) groups excluding carboxylic acids is 2. The molecule has 0 aliphatic rings. The van der Waals surface area contributed by atoms with Crippen LogP contribution in [0.5, 0.6) is 0 Å². The van der Waals surface area contributed by atoms with Gasteiger partial charge in [-0.25, -0.2) is 4.79 Å². The summed E-state index contributed by atoms with van der Waals surface area (Å²) < 4.78 is 45.7. The van der Waals surface area contributed by atoms with Crippen molar-refractivity contribution >= 4 is 29.2 Å². The van der Waals surface area contributed by atoms with Crippen LogP contribution < -0.4 is 10.6 Å². The van der Waals surface area contributed by atoms with Crippen molar-refractivity contribution in [3.8, 4) is 0 Å². The molecule has 1 aromatic rings. The average Bonchev–Trinajstić information content (AvgIpc) is 2.53. The Morgan fingerprint density at radius 2 is 1.76 bits per heavy atom. The smallest absolute Gasteiger partial charge is 0.441 e. The van der Waals surface area contributed by atoms with Gasteiger partial charge >= 0.3 is 17.8 Å². The van der Waals surface area contributed by atoms with Crippen LogP contribution in [-0.4, -0.2) is 36.2 Å². The molecule has 0 spiro atoms. The molecule has 1 aromatic carbocycles. The molecule has 1 amide bonds. The number of anilines is 1. The zero-order valence-corrected chi connectivity index (χ0v) is 14.8. The minimum absolute atomic E-state index is 0.00958. The minimum Gasteiger partial charge on any atom is -0.463 e. The lowest BCUT2D eigenvalue weighted by molar-refractivity contribution is -0.207. The average molecular weight is 381 g/mol. The number of hydrogen-bond acceptors (Lipinski definition) is 4. The number of benzene rings is 1. The molecule has 0 radical (unpaired) electrons. The van der Waals surface area contributed by atoms with Crippen molar-refractivity contribution in [3.05, 3.63) is 29.8 Å². The first kappa shape index (κ1) is 21.1. The van der Waals surface area contributed by atoms with E-state index in [9.17, 15) is 22.8 Å². The van der Waals surface area contributed by atoms with E-state index >= 15 is 0 Å². The van der Waals surface area contributed by atoms with Gasteiger partial charge in [0.2, 0.25) is 5.91 Å². The van der Waals surface area contributed by atoms with Crippen LogP contribution in [-0.2, 0) is 14.3 Å². The fraction of sp³-hybridized carbons (Fsp3) is 0.500. The predicted octanol–water partition coefficient (Wildman–Crippen LogP) is 3.40. The van der Waals surface area contributed by atoms with Crippen molar-refractivity contribution in [2.75, 3.05) is 17.8 Å². The Morgan fingerprint density at radius 3 is 2.16 bits per heavy atom. The number of nitrogens with one attached hydrogen (secondary N) is 2. The van der Waals surface area contributed by atoms with Gasteiger partial charge in [0.15, 0.2) is 0 Å². The van der Waals surface area contributed by atoms with Crippen molar-refractivity contribution in [2.24, 2.45) is 0 Å². The van der Waals surface area contributed by atoms with Gasteiger partial charge in [-0.2, -0.15) is 13.2 Å². The quantitative estimate of drug-likeness (QED) is 0.432. The number of rotatable bonds is 7. The first-order chi connectivity index (χ1) is 11.6. The van der Waals surface area contributed by atoms with Gasteiger partial charge in [0.25, 0.3) is 0 Å². The lowest BCUT2D eigenvalue weighted by Gasteiger charge is -2.35. The maximum atomic E-state index is 13.7. The van der Waals surface area contributed by atoms with Crippen molar-refractivity contribution in [1.29, 1.82) is 0 Å². The number of hydrogen-bond donors (Lipinski definition) is 2. The Kier molecular flexibility index (Phi) is 7.10. The van der Waals surface area contributed by atoms with E-state index in [1.165, 1.54) is 19.1 Å². The SMILES string of the molecule is CCOC(=O)C(NC(=O)CCl)(Nc1ccc(C(C)C)cc1)C(F)(F)F. The standard InChI is InChI=1S/C16H20ClF3N2O3/c1-4-25-14(24)15(16(18,19)20,22-13(23)9-17)21-12-7-5-11(6-8-12)10(2)3/h5-8,10,21H,4,9H2,1-3H3,(H,22,23). The van der Waals surface area contributed by atoms with E-state index in [4.69, 9.17) is 11.6 Å². The molecule has 140 valence electrons. The molecule has 0 fully saturated rings. The summed E-state index contributed by atoms with van der Waals surface area (Å²) in [5.74, 6) is -3.40. The summed E-state index contributed by atoms with van der Waals surface area (Å²) in [6.07, 6.45) is -5.17. The van der Waals surface area contributed by atoms with E-state index in [0.29, 0.717) is 0 Å². The molecule has 0 saturated heterocycles. The molecule has 25 heavy (non-hydrogen) atoms. The molecule has 0 aromatic heterocycles. The van der Waals surface area contributed by atoms with E-state index < -0.39 is 29.6 Å². The monoisotopic (exact) mass is 380 g/mol. The van der Waals surface area contributed by atoms with Crippen molar-refractivity contribution in [3.63, 3.8) is 0 Å². The summed E-state index contributed by atoms with van der Waals surface area (Å²) in [5, 5.41) is 3.67. The summed E-state index contributed by atoms with van der Waals surface area (Å²) >= 11 is 5.29. The maximum Gasteiger partial charge on any atom is 0.441 e. The number of amides is 1. The molecule has 5 nitrogen and oxygen atoms in total. The highest BCUT2D eigenvalue weighted by Gasteiger charge is 2.63. The molecule has 0 saturated carbocycles. The number of halogens is 4. The van der Waals surface area contributed by atoms with Gasteiger partial charge in [-0.1, -0.05) is 26.0 Å². The number of carbonyl (C=O) groups is 2. The lowest BCUT2D eigenvalue weighted by Crippen LogP contribution is -2.69. The van der Waals surface area contributed by atoms with Crippen LogP contribution in [0.1, 0.15) is 32.3 Å². The summed E-state index contributed by atoms with van der Waals surface area (Å²) in [7, 11) is 0. The van der Waals surface area contributed by atoms with Crippen molar-refractivity contribution in [2.45, 2.75) is 38.5 Å². The topological polar surface area (TPSA) is 67.4 Å². The number of alkyl halides is 4. The summed E-state index contributed by atoms with van der Waals surface area (Å²) in [6, 6.07) is 6.04. The number of esters is 1. The maximum absolute atomic E-state index is 13.7. The van der Waals surface area contributed by atoms with Crippen LogP contribution >= 0.6 is 11.6 Å². The van der Waals surface area contributed by atoms with Gasteiger partial charge in [-0.3, -0.25) is 4.79 Å². The zero-order chi connectivity index (χ0) is 19.3. The normalized spacial score (nSPS) is 13.9.